The SMILES string of the molecule is CC(=O)c1ccc(Oc2ccc(C(=O)N3CCS(=O)CC3)cc2)cc1. The third-order valence-electron chi connectivity index (χ3n) is 4.06. The molecule has 0 N–H and O–H groups in total. The Balaban J connectivity index is 1.64. The highest BCUT2D eigenvalue weighted by Gasteiger charge is 2.21. The molecule has 1 saturated heterocycles. The summed E-state index contributed by atoms with van der Waals surface area (Å²) in [7, 11) is -0.800. The lowest BCUT2D eigenvalue weighted by atomic mass is 10.1. The molecule has 1 aliphatic heterocycles. The van der Waals surface area contributed by atoms with Crippen LogP contribution in [-0.2, 0) is 10.8 Å². The number of rotatable bonds is 4. The highest BCUT2D eigenvalue weighted by atomic mass is 32.2. The summed E-state index contributed by atoms with van der Waals surface area (Å²) in [4.78, 5) is 25.4. The first kappa shape index (κ1) is 17.4. The summed E-state index contributed by atoms with van der Waals surface area (Å²) >= 11 is 0. The van der Waals surface area contributed by atoms with E-state index in [4.69, 9.17) is 4.74 Å². The van der Waals surface area contributed by atoms with E-state index in [9.17, 15) is 13.8 Å². The van der Waals surface area contributed by atoms with Gasteiger partial charge in [0.25, 0.3) is 5.91 Å². The predicted octanol–water partition coefficient (Wildman–Crippen LogP) is 2.89. The molecule has 1 aliphatic rings. The lowest BCUT2D eigenvalue weighted by Gasteiger charge is -2.26. The molecule has 25 heavy (non-hydrogen) atoms. The van der Waals surface area contributed by atoms with Crippen molar-refractivity contribution < 1.29 is 18.5 Å². The smallest absolute Gasteiger partial charge is 0.253 e. The molecule has 6 heteroatoms. The minimum atomic E-state index is -0.800. The van der Waals surface area contributed by atoms with Crippen LogP contribution in [0.3, 0.4) is 0 Å². The fraction of sp³-hybridized carbons (Fsp3) is 0.263. The molecular formula is C19H19NO4S. The van der Waals surface area contributed by atoms with E-state index in [-0.39, 0.29) is 11.7 Å². The lowest BCUT2D eigenvalue weighted by molar-refractivity contribution is 0.0771. The van der Waals surface area contributed by atoms with Gasteiger partial charge in [0.05, 0.1) is 0 Å². The zero-order valence-corrected chi connectivity index (χ0v) is 14.8. The molecule has 2 aromatic carbocycles. The van der Waals surface area contributed by atoms with Gasteiger partial charge in [-0.3, -0.25) is 13.8 Å². The number of Topliss-reactive ketones (excluding diaryl/α,β-unsaturated/α-hetero) is 1. The molecule has 3 rings (SSSR count). The summed E-state index contributed by atoms with van der Waals surface area (Å²) in [6.07, 6.45) is 0. The molecule has 130 valence electrons. The van der Waals surface area contributed by atoms with Gasteiger partial charge >= 0.3 is 0 Å². The summed E-state index contributed by atoms with van der Waals surface area (Å²) < 4.78 is 17.1. The topological polar surface area (TPSA) is 63.7 Å². The zero-order valence-electron chi connectivity index (χ0n) is 13.9. The maximum Gasteiger partial charge on any atom is 0.253 e. The number of hydrogen-bond donors (Lipinski definition) is 0. The fourth-order valence-electron chi connectivity index (χ4n) is 2.58. The van der Waals surface area contributed by atoms with Gasteiger partial charge in [0.15, 0.2) is 5.78 Å². The second-order valence-electron chi connectivity index (χ2n) is 5.85. The van der Waals surface area contributed by atoms with Crippen LogP contribution < -0.4 is 4.74 Å². The van der Waals surface area contributed by atoms with E-state index in [0.29, 0.717) is 47.2 Å². The second-order valence-corrected chi connectivity index (χ2v) is 7.54. The van der Waals surface area contributed by atoms with Gasteiger partial charge in [-0.05, 0) is 55.5 Å². The van der Waals surface area contributed by atoms with E-state index < -0.39 is 10.8 Å². The van der Waals surface area contributed by atoms with Crippen LogP contribution >= 0.6 is 0 Å². The standard InChI is InChI=1S/C19H19NO4S/c1-14(21)15-2-6-17(7-3-15)24-18-8-4-16(5-9-18)19(22)20-10-12-25(23)13-11-20/h2-9H,10-13H2,1H3. The first-order valence-electron chi connectivity index (χ1n) is 8.06. The molecule has 0 atom stereocenters. The molecule has 1 amide bonds. The minimum Gasteiger partial charge on any atom is -0.457 e. The van der Waals surface area contributed by atoms with E-state index >= 15 is 0 Å². The molecule has 0 radical (unpaired) electrons. The average Bonchev–Trinajstić information content (AvgIpc) is 2.63. The number of benzene rings is 2. The zero-order chi connectivity index (χ0) is 17.8. The highest BCUT2D eigenvalue weighted by Crippen LogP contribution is 2.22. The number of carbonyl (C=O) groups excluding carboxylic acids is 2. The van der Waals surface area contributed by atoms with Crippen molar-refractivity contribution in [1.29, 1.82) is 0 Å². The molecule has 0 saturated carbocycles. The van der Waals surface area contributed by atoms with Crippen LogP contribution in [0.4, 0.5) is 0 Å². The van der Waals surface area contributed by atoms with Gasteiger partial charge in [0.1, 0.15) is 11.5 Å². The van der Waals surface area contributed by atoms with Crippen molar-refractivity contribution in [3.63, 3.8) is 0 Å². The monoisotopic (exact) mass is 357 g/mol. The maximum absolute atomic E-state index is 12.4. The highest BCUT2D eigenvalue weighted by molar-refractivity contribution is 7.85. The molecule has 5 nitrogen and oxygen atoms in total. The summed E-state index contributed by atoms with van der Waals surface area (Å²) in [5, 5.41) is 0. The normalized spacial score (nSPS) is 15.0. The molecule has 1 fully saturated rings. The number of amides is 1. The molecule has 1 heterocycles. The van der Waals surface area contributed by atoms with Crippen LogP contribution in [0.1, 0.15) is 27.6 Å². The Hall–Kier alpha value is -2.47. The van der Waals surface area contributed by atoms with Crippen molar-refractivity contribution >= 4 is 22.5 Å². The summed E-state index contributed by atoms with van der Waals surface area (Å²) in [5.41, 5.74) is 1.22. The van der Waals surface area contributed by atoms with Crippen LogP contribution in [0.5, 0.6) is 11.5 Å². The molecule has 0 unspecified atom stereocenters. The first-order chi connectivity index (χ1) is 12.0. The van der Waals surface area contributed by atoms with Crippen molar-refractivity contribution in [3.8, 4) is 11.5 Å². The third kappa shape index (κ3) is 4.33. The fourth-order valence-corrected chi connectivity index (χ4v) is 3.64. The maximum atomic E-state index is 12.4. The number of carbonyl (C=O) groups is 2. The van der Waals surface area contributed by atoms with Gasteiger partial charge in [-0.25, -0.2) is 0 Å². The Bertz CT molecular complexity index is 789. The number of hydrogen-bond acceptors (Lipinski definition) is 4. The summed E-state index contributed by atoms with van der Waals surface area (Å²) in [6.45, 7) is 2.59. The van der Waals surface area contributed by atoms with E-state index in [0.717, 1.165) is 0 Å². The quantitative estimate of drug-likeness (QED) is 0.790. The van der Waals surface area contributed by atoms with Crippen molar-refractivity contribution in [2.75, 3.05) is 24.6 Å². The molecule has 0 spiro atoms. The summed E-state index contributed by atoms with van der Waals surface area (Å²) in [6, 6.07) is 13.9. The Morgan fingerprint density at radius 3 is 1.84 bits per heavy atom. The molecule has 2 aromatic rings. The molecule has 0 bridgehead atoms. The van der Waals surface area contributed by atoms with Gasteiger partial charge in [0, 0.05) is 46.5 Å². The Kier molecular flexibility index (Phi) is 5.28. The number of ketones is 1. The van der Waals surface area contributed by atoms with Crippen molar-refractivity contribution in [2.45, 2.75) is 6.92 Å². The van der Waals surface area contributed by atoms with E-state index in [2.05, 4.69) is 0 Å². The van der Waals surface area contributed by atoms with Crippen molar-refractivity contribution in [3.05, 3.63) is 59.7 Å². The van der Waals surface area contributed by atoms with Crippen LogP contribution in [-0.4, -0.2) is 45.4 Å². The van der Waals surface area contributed by atoms with E-state index in [1.807, 2.05) is 0 Å². The molecule has 0 aromatic heterocycles. The molecule has 0 aliphatic carbocycles. The van der Waals surface area contributed by atoms with Gasteiger partial charge in [0.2, 0.25) is 0 Å². The van der Waals surface area contributed by atoms with E-state index in [1.165, 1.54) is 6.92 Å². The Labute approximate surface area is 149 Å². The van der Waals surface area contributed by atoms with Gasteiger partial charge < -0.3 is 9.64 Å². The average molecular weight is 357 g/mol. The Morgan fingerprint density at radius 1 is 0.880 bits per heavy atom. The van der Waals surface area contributed by atoms with Gasteiger partial charge in [-0.2, -0.15) is 0 Å². The first-order valence-corrected chi connectivity index (χ1v) is 9.55. The molecular weight excluding hydrogens is 338 g/mol. The van der Waals surface area contributed by atoms with Gasteiger partial charge in [-0.15, -0.1) is 0 Å². The largest absolute Gasteiger partial charge is 0.457 e. The predicted molar refractivity (Wildman–Crippen MR) is 96.7 cm³/mol. The number of ether oxygens (including phenoxy) is 1. The van der Waals surface area contributed by atoms with Crippen LogP contribution in [0.15, 0.2) is 48.5 Å². The van der Waals surface area contributed by atoms with Crippen LogP contribution in [0, 0.1) is 0 Å². The van der Waals surface area contributed by atoms with Crippen LogP contribution in [0.2, 0.25) is 0 Å². The second kappa shape index (κ2) is 7.61. The number of nitrogens with zero attached hydrogens (tertiary/aromatic N) is 1. The third-order valence-corrected chi connectivity index (χ3v) is 5.34. The van der Waals surface area contributed by atoms with Crippen molar-refractivity contribution in [1.82, 2.24) is 4.90 Å². The van der Waals surface area contributed by atoms with Gasteiger partial charge in [-0.1, -0.05) is 0 Å². The Morgan fingerprint density at radius 2 is 1.36 bits per heavy atom. The summed E-state index contributed by atoms with van der Waals surface area (Å²) in [5.74, 6) is 2.30. The van der Waals surface area contributed by atoms with Crippen LogP contribution in [0.25, 0.3) is 0 Å². The van der Waals surface area contributed by atoms with E-state index in [1.54, 1.807) is 53.4 Å². The minimum absolute atomic E-state index is 0.0101. The lowest BCUT2D eigenvalue weighted by Crippen LogP contribution is -2.41. The van der Waals surface area contributed by atoms with Crippen molar-refractivity contribution in [2.24, 2.45) is 0 Å².